The number of amides is 1. The highest BCUT2D eigenvalue weighted by molar-refractivity contribution is 5.98. The van der Waals surface area contributed by atoms with E-state index in [-0.39, 0.29) is 0 Å². The molecule has 0 atom stereocenters. The summed E-state index contributed by atoms with van der Waals surface area (Å²) in [5.74, 6) is -0.423. The van der Waals surface area contributed by atoms with E-state index < -0.39 is 5.91 Å². The fourth-order valence-corrected chi connectivity index (χ4v) is 2.18. The molecule has 0 radical (unpaired) electrons. The van der Waals surface area contributed by atoms with Crippen molar-refractivity contribution in [1.29, 1.82) is 0 Å². The molecular weight excluding hydrogens is 250 g/mol. The lowest BCUT2D eigenvalue weighted by atomic mass is 10.1. The van der Waals surface area contributed by atoms with E-state index in [9.17, 15) is 4.79 Å². The smallest absolute Gasteiger partial charge is 0.250 e. The maximum atomic E-state index is 11.5. The number of carbonyl (C=O) groups is 1. The Morgan fingerprint density at radius 1 is 1.20 bits per heavy atom. The lowest BCUT2D eigenvalue weighted by Gasteiger charge is -2.23. The SMILES string of the molecule is Cc1ccc(C(N)=O)c(N(C)Cc2ccccc2N)c1. The van der Waals surface area contributed by atoms with Crippen LogP contribution in [-0.2, 0) is 6.54 Å². The molecule has 2 aromatic rings. The minimum Gasteiger partial charge on any atom is -0.398 e. The Labute approximate surface area is 119 Å². The number of primary amides is 1. The van der Waals surface area contributed by atoms with Gasteiger partial charge in [-0.25, -0.2) is 0 Å². The summed E-state index contributed by atoms with van der Waals surface area (Å²) in [5.41, 5.74) is 15.6. The molecule has 2 rings (SSSR count). The Hall–Kier alpha value is -2.49. The molecule has 0 fully saturated rings. The number of hydrogen-bond acceptors (Lipinski definition) is 3. The van der Waals surface area contributed by atoms with Gasteiger partial charge in [0, 0.05) is 25.0 Å². The van der Waals surface area contributed by atoms with E-state index in [4.69, 9.17) is 11.5 Å². The third-order valence-electron chi connectivity index (χ3n) is 3.29. The van der Waals surface area contributed by atoms with Crippen molar-refractivity contribution in [1.82, 2.24) is 0 Å². The third kappa shape index (κ3) is 2.91. The van der Waals surface area contributed by atoms with Crippen molar-refractivity contribution in [3.8, 4) is 0 Å². The van der Waals surface area contributed by atoms with E-state index in [0.29, 0.717) is 12.1 Å². The molecule has 4 N–H and O–H groups in total. The molecule has 0 bridgehead atoms. The van der Waals surface area contributed by atoms with Gasteiger partial charge in [0.25, 0.3) is 5.91 Å². The Kier molecular flexibility index (Phi) is 3.94. The van der Waals surface area contributed by atoms with Gasteiger partial charge in [-0.15, -0.1) is 0 Å². The number of rotatable bonds is 4. The average Bonchev–Trinajstić information content (AvgIpc) is 2.40. The Balaban J connectivity index is 2.34. The first-order chi connectivity index (χ1) is 9.49. The van der Waals surface area contributed by atoms with Crippen LogP contribution in [-0.4, -0.2) is 13.0 Å². The second-order valence-corrected chi connectivity index (χ2v) is 4.94. The maximum absolute atomic E-state index is 11.5. The van der Waals surface area contributed by atoms with Crippen LogP contribution in [0.5, 0.6) is 0 Å². The van der Waals surface area contributed by atoms with Crippen LogP contribution in [0.25, 0.3) is 0 Å². The molecule has 0 saturated heterocycles. The standard InChI is InChI=1S/C16H19N3O/c1-11-7-8-13(16(18)20)15(9-11)19(2)10-12-5-3-4-6-14(12)17/h3-9H,10,17H2,1-2H3,(H2,18,20). The van der Waals surface area contributed by atoms with Crippen molar-refractivity contribution >= 4 is 17.3 Å². The molecule has 1 amide bonds. The Bertz CT molecular complexity index is 637. The lowest BCUT2D eigenvalue weighted by molar-refractivity contribution is 0.100. The van der Waals surface area contributed by atoms with Gasteiger partial charge in [0.05, 0.1) is 5.56 Å². The van der Waals surface area contributed by atoms with Crippen LogP contribution in [0.3, 0.4) is 0 Å². The molecule has 0 aliphatic rings. The van der Waals surface area contributed by atoms with Crippen molar-refractivity contribution in [2.24, 2.45) is 5.73 Å². The molecule has 0 spiro atoms. The number of para-hydroxylation sites is 1. The van der Waals surface area contributed by atoms with Crippen LogP contribution >= 0.6 is 0 Å². The minimum atomic E-state index is -0.423. The third-order valence-corrected chi connectivity index (χ3v) is 3.29. The van der Waals surface area contributed by atoms with Crippen molar-refractivity contribution in [2.75, 3.05) is 17.7 Å². The predicted octanol–water partition coefficient (Wildman–Crippen LogP) is 2.31. The maximum Gasteiger partial charge on any atom is 0.250 e. The van der Waals surface area contributed by atoms with Crippen LogP contribution in [0.4, 0.5) is 11.4 Å². The first-order valence-corrected chi connectivity index (χ1v) is 6.44. The summed E-state index contributed by atoms with van der Waals surface area (Å²) in [4.78, 5) is 13.5. The number of nitrogens with zero attached hydrogens (tertiary/aromatic N) is 1. The summed E-state index contributed by atoms with van der Waals surface area (Å²) in [5, 5.41) is 0. The molecule has 0 aliphatic heterocycles. The highest BCUT2D eigenvalue weighted by Gasteiger charge is 2.13. The molecule has 2 aromatic carbocycles. The van der Waals surface area contributed by atoms with E-state index in [1.165, 1.54) is 0 Å². The quantitative estimate of drug-likeness (QED) is 0.837. The number of nitrogens with two attached hydrogens (primary N) is 2. The highest BCUT2D eigenvalue weighted by Crippen LogP contribution is 2.24. The van der Waals surface area contributed by atoms with Crippen molar-refractivity contribution < 1.29 is 4.79 Å². The molecular formula is C16H19N3O. The molecule has 0 heterocycles. The van der Waals surface area contributed by atoms with Crippen molar-refractivity contribution in [2.45, 2.75) is 13.5 Å². The molecule has 0 aromatic heterocycles. The molecule has 4 nitrogen and oxygen atoms in total. The van der Waals surface area contributed by atoms with E-state index in [1.807, 2.05) is 55.3 Å². The van der Waals surface area contributed by atoms with Gasteiger partial charge in [-0.2, -0.15) is 0 Å². The fraction of sp³-hybridized carbons (Fsp3) is 0.188. The number of aryl methyl sites for hydroxylation is 1. The molecule has 0 aliphatic carbocycles. The molecule has 0 saturated carbocycles. The van der Waals surface area contributed by atoms with Crippen LogP contribution in [0, 0.1) is 6.92 Å². The molecule has 4 heteroatoms. The summed E-state index contributed by atoms with van der Waals surface area (Å²) in [6.07, 6.45) is 0. The minimum absolute atomic E-state index is 0.423. The number of benzene rings is 2. The first-order valence-electron chi connectivity index (χ1n) is 6.44. The Morgan fingerprint density at radius 3 is 2.55 bits per heavy atom. The van der Waals surface area contributed by atoms with Gasteiger partial charge >= 0.3 is 0 Å². The average molecular weight is 269 g/mol. The second kappa shape index (κ2) is 5.65. The predicted molar refractivity (Wildman–Crippen MR) is 82.7 cm³/mol. The topological polar surface area (TPSA) is 72.4 Å². The van der Waals surface area contributed by atoms with E-state index in [0.717, 1.165) is 22.5 Å². The van der Waals surface area contributed by atoms with Gasteiger partial charge in [-0.1, -0.05) is 24.3 Å². The summed E-state index contributed by atoms with van der Waals surface area (Å²) in [7, 11) is 1.92. The summed E-state index contributed by atoms with van der Waals surface area (Å²) < 4.78 is 0. The number of carbonyl (C=O) groups excluding carboxylic acids is 1. The number of anilines is 2. The van der Waals surface area contributed by atoms with E-state index >= 15 is 0 Å². The first kappa shape index (κ1) is 13.9. The normalized spacial score (nSPS) is 10.3. The zero-order valence-electron chi connectivity index (χ0n) is 11.8. The zero-order valence-corrected chi connectivity index (χ0v) is 11.8. The van der Waals surface area contributed by atoms with Crippen LogP contribution < -0.4 is 16.4 Å². The summed E-state index contributed by atoms with van der Waals surface area (Å²) in [6, 6.07) is 13.3. The molecule has 20 heavy (non-hydrogen) atoms. The summed E-state index contributed by atoms with van der Waals surface area (Å²) in [6.45, 7) is 2.61. The number of nitrogen functional groups attached to an aromatic ring is 1. The van der Waals surface area contributed by atoms with Crippen LogP contribution in [0.2, 0.25) is 0 Å². The van der Waals surface area contributed by atoms with Gasteiger partial charge in [0.2, 0.25) is 0 Å². The molecule has 104 valence electrons. The van der Waals surface area contributed by atoms with Gasteiger partial charge in [-0.3, -0.25) is 4.79 Å². The highest BCUT2D eigenvalue weighted by atomic mass is 16.1. The van der Waals surface area contributed by atoms with E-state index in [1.54, 1.807) is 6.07 Å². The fourth-order valence-electron chi connectivity index (χ4n) is 2.18. The zero-order chi connectivity index (χ0) is 14.7. The van der Waals surface area contributed by atoms with Crippen LogP contribution in [0.1, 0.15) is 21.5 Å². The van der Waals surface area contributed by atoms with Crippen LogP contribution in [0.15, 0.2) is 42.5 Å². The molecule has 0 unspecified atom stereocenters. The largest absolute Gasteiger partial charge is 0.398 e. The summed E-state index contributed by atoms with van der Waals surface area (Å²) >= 11 is 0. The lowest BCUT2D eigenvalue weighted by Crippen LogP contribution is -2.22. The monoisotopic (exact) mass is 269 g/mol. The van der Waals surface area contributed by atoms with Gasteiger partial charge in [0.1, 0.15) is 0 Å². The van der Waals surface area contributed by atoms with Gasteiger partial charge < -0.3 is 16.4 Å². The van der Waals surface area contributed by atoms with E-state index in [2.05, 4.69) is 0 Å². The van der Waals surface area contributed by atoms with Crippen molar-refractivity contribution in [3.63, 3.8) is 0 Å². The van der Waals surface area contributed by atoms with Gasteiger partial charge in [0.15, 0.2) is 0 Å². The van der Waals surface area contributed by atoms with Gasteiger partial charge in [-0.05, 0) is 36.2 Å². The Morgan fingerprint density at radius 2 is 1.90 bits per heavy atom. The second-order valence-electron chi connectivity index (χ2n) is 4.94. The number of hydrogen-bond donors (Lipinski definition) is 2. The van der Waals surface area contributed by atoms with Crippen molar-refractivity contribution in [3.05, 3.63) is 59.2 Å².